The molecule has 0 aliphatic heterocycles. The van der Waals surface area contributed by atoms with Crippen molar-refractivity contribution < 1.29 is 4.74 Å². The first-order valence-corrected chi connectivity index (χ1v) is 6.92. The van der Waals surface area contributed by atoms with Crippen molar-refractivity contribution in [1.82, 2.24) is 10.3 Å². The van der Waals surface area contributed by atoms with Gasteiger partial charge in [0.1, 0.15) is 5.75 Å². The van der Waals surface area contributed by atoms with Crippen LogP contribution in [0.4, 0.5) is 0 Å². The molecule has 20 heavy (non-hydrogen) atoms. The summed E-state index contributed by atoms with van der Waals surface area (Å²) in [6.07, 6.45) is 3.65. The molecule has 0 spiro atoms. The molecule has 0 bridgehead atoms. The van der Waals surface area contributed by atoms with Crippen molar-refractivity contribution in [3.05, 3.63) is 59.4 Å². The highest BCUT2D eigenvalue weighted by atomic mass is 16.5. The second-order valence-electron chi connectivity index (χ2n) is 5.14. The number of hydrogen-bond donors (Lipinski definition) is 1. The lowest BCUT2D eigenvalue weighted by molar-refractivity contribution is 0.396. The lowest BCUT2D eigenvalue weighted by atomic mass is 10.0. The van der Waals surface area contributed by atoms with Gasteiger partial charge in [-0.25, -0.2) is 0 Å². The minimum absolute atomic E-state index is 0.216. The fraction of sp³-hybridized carbons (Fsp3) is 0.353. The Balaban J connectivity index is 2.14. The van der Waals surface area contributed by atoms with Crippen molar-refractivity contribution in [2.45, 2.75) is 32.9 Å². The Morgan fingerprint density at radius 2 is 1.75 bits per heavy atom. The molecule has 1 N–H and O–H groups in total. The maximum absolute atomic E-state index is 5.48. The molecule has 0 saturated heterocycles. The van der Waals surface area contributed by atoms with Gasteiger partial charge in [-0.3, -0.25) is 4.98 Å². The Hall–Kier alpha value is -1.87. The maximum Gasteiger partial charge on any atom is 0.123 e. The summed E-state index contributed by atoms with van der Waals surface area (Å²) >= 11 is 0. The van der Waals surface area contributed by atoms with Crippen LogP contribution in [0.5, 0.6) is 5.75 Å². The summed E-state index contributed by atoms with van der Waals surface area (Å²) in [5.41, 5.74) is 3.62. The van der Waals surface area contributed by atoms with Gasteiger partial charge in [0.15, 0.2) is 0 Å². The van der Waals surface area contributed by atoms with Crippen molar-refractivity contribution in [3.8, 4) is 5.75 Å². The van der Waals surface area contributed by atoms with E-state index in [4.69, 9.17) is 4.74 Å². The Labute approximate surface area is 121 Å². The van der Waals surface area contributed by atoms with Crippen LogP contribution in [-0.4, -0.2) is 12.1 Å². The Bertz CT molecular complexity index is 554. The first kappa shape index (κ1) is 14.5. The topological polar surface area (TPSA) is 34.1 Å². The van der Waals surface area contributed by atoms with Crippen LogP contribution < -0.4 is 10.1 Å². The first-order valence-electron chi connectivity index (χ1n) is 6.92. The predicted octanol–water partition coefficient (Wildman–Crippen LogP) is 3.81. The highest BCUT2D eigenvalue weighted by molar-refractivity contribution is 5.39. The van der Waals surface area contributed by atoms with Crippen LogP contribution >= 0.6 is 0 Å². The summed E-state index contributed by atoms with van der Waals surface area (Å²) in [6.45, 7) is 6.39. The summed E-state index contributed by atoms with van der Waals surface area (Å²) in [5.74, 6) is 0.937. The van der Waals surface area contributed by atoms with Crippen molar-refractivity contribution in [2.24, 2.45) is 0 Å². The van der Waals surface area contributed by atoms with Crippen molar-refractivity contribution in [1.29, 1.82) is 0 Å². The number of pyridine rings is 1. The summed E-state index contributed by atoms with van der Waals surface area (Å²) in [4.78, 5) is 4.05. The molecular weight excluding hydrogens is 248 g/mol. The number of aromatic nitrogens is 1. The average molecular weight is 270 g/mol. The normalized spacial score (nSPS) is 13.8. The molecule has 0 aliphatic rings. The lowest BCUT2D eigenvalue weighted by Gasteiger charge is -2.22. The van der Waals surface area contributed by atoms with Gasteiger partial charge in [-0.1, -0.05) is 12.1 Å². The zero-order chi connectivity index (χ0) is 14.5. The largest absolute Gasteiger partial charge is 0.496 e. The summed E-state index contributed by atoms with van der Waals surface area (Å²) in [5, 5.41) is 3.60. The number of rotatable bonds is 5. The second kappa shape index (κ2) is 6.53. The zero-order valence-electron chi connectivity index (χ0n) is 12.6. The lowest BCUT2D eigenvalue weighted by Crippen LogP contribution is -2.23. The van der Waals surface area contributed by atoms with Crippen LogP contribution in [0.3, 0.4) is 0 Å². The number of ether oxygens (including phenoxy) is 1. The molecule has 0 radical (unpaired) electrons. The third kappa shape index (κ3) is 3.36. The number of methoxy groups -OCH3 is 1. The Kier molecular flexibility index (Phi) is 4.74. The van der Waals surface area contributed by atoms with E-state index < -0.39 is 0 Å². The van der Waals surface area contributed by atoms with Crippen LogP contribution in [0, 0.1) is 6.92 Å². The molecule has 0 fully saturated rings. The van der Waals surface area contributed by atoms with E-state index in [0.29, 0.717) is 0 Å². The van der Waals surface area contributed by atoms with Gasteiger partial charge in [-0.05, 0) is 50.1 Å². The molecule has 3 nitrogen and oxygen atoms in total. The van der Waals surface area contributed by atoms with Gasteiger partial charge in [0, 0.05) is 30.0 Å². The van der Waals surface area contributed by atoms with Gasteiger partial charge in [0.2, 0.25) is 0 Å². The van der Waals surface area contributed by atoms with Gasteiger partial charge in [0.05, 0.1) is 7.11 Å². The van der Waals surface area contributed by atoms with Crippen molar-refractivity contribution >= 4 is 0 Å². The molecule has 2 rings (SSSR count). The minimum Gasteiger partial charge on any atom is -0.496 e. The third-order valence-electron chi connectivity index (χ3n) is 3.56. The molecular formula is C17H22N2O. The van der Waals surface area contributed by atoms with Gasteiger partial charge >= 0.3 is 0 Å². The van der Waals surface area contributed by atoms with E-state index in [1.807, 2.05) is 24.5 Å². The molecule has 0 aliphatic carbocycles. The molecule has 1 unspecified atom stereocenters. The number of nitrogens with one attached hydrogen (secondary N) is 1. The molecule has 2 aromatic rings. The predicted molar refractivity (Wildman–Crippen MR) is 81.9 cm³/mol. The molecule has 3 heteroatoms. The highest BCUT2D eigenvalue weighted by Crippen LogP contribution is 2.28. The molecule has 1 heterocycles. The van der Waals surface area contributed by atoms with E-state index in [0.717, 1.165) is 5.75 Å². The van der Waals surface area contributed by atoms with Crippen LogP contribution in [0.1, 0.15) is 42.6 Å². The van der Waals surface area contributed by atoms with Crippen molar-refractivity contribution in [2.75, 3.05) is 7.11 Å². The highest BCUT2D eigenvalue weighted by Gasteiger charge is 2.14. The fourth-order valence-corrected chi connectivity index (χ4v) is 2.39. The minimum atomic E-state index is 0.216. The van der Waals surface area contributed by atoms with E-state index >= 15 is 0 Å². The van der Waals surface area contributed by atoms with E-state index in [1.54, 1.807) is 7.11 Å². The van der Waals surface area contributed by atoms with Crippen LogP contribution in [-0.2, 0) is 0 Å². The van der Waals surface area contributed by atoms with Gasteiger partial charge in [-0.2, -0.15) is 0 Å². The van der Waals surface area contributed by atoms with E-state index in [2.05, 4.69) is 49.3 Å². The van der Waals surface area contributed by atoms with E-state index in [-0.39, 0.29) is 12.1 Å². The fourth-order valence-electron chi connectivity index (χ4n) is 2.39. The monoisotopic (exact) mass is 270 g/mol. The Morgan fingerprint density at radius 1 is 1.05 bits per heavy atom. The van der Waals surface area contributed by atoms with Crippen LogP contribution in [0.15, 0.2) is 42.7 Å². The van der Waals surface area contributed by atoms with Crippen molar-refractivity contribution in [3.63, 3.8) is 0 Å². The van der Waals surface area contributed by atoms with Gasteiger partial charge in [-0.15, -0.1) is 0 Å². The molecule has 0 amide bonds. The molecule has 1 aromatic heterocycles. The average Bonchev–Trinajstić information content (AvgIpc) is 2.47. The summed E-state index contributed by atoms with van der Waals surface area (Å²) in [7, 11) is 1.72. The molecule has 106 valence electrons. The van der Waals surface area contributed by atoms with E-state index in [9.17, 15) is 0 Å². The SMILES string of the molecule is COc1cc(C)ccc1C(C)N[C@@H](C)c1ccncc1. The van der Waals surface area contributed by atoms with E-state index in [1.165, 1.54) is 16.7 Å². The maximum atomic E-state index is 5.48. The number of benzene rings is 1. The zero-order valence-corrected chi connectivity index (χ0v) is 12.6. The second-order valence-corrected chi connectivity index (χ2v) is 5.14. The quantitative estimate of drug-likeness (QED) is 0.897. The standard InChI is InChI=1S/C17H22N2O/c1-12-5-6-16(17(11-12)20-4)14(3)19-13(2)15-7-9-18-10-8-15/h5-11,13-14,19H,1-4H3/t13-,14?/m0/s1. The van der Waals surface area contributed by atoms with Crippen LogP contribution in [0.25, 0.3) is 0 Å². The summed E-state index contributed by atoms with van der Waals surface area (Å²) < 4.78 is 5.48. The number of aryl methyl sites for hydroxylation is 1. The number of nitrogens with zero attached hydrogens (tertiary/aromatic N) is 1. The molecule has 0 saturated carbocycles. The van der Waals surface area contributed by atoms with Gasteiger partial charge in [0.25, 0.3) is 0 Å². The molecule has 1 aromatic carbocycles. The van der Waals surface area contributed by atoms with Gasteiger partial charge < -0.3 is 10.1 Å². The third-order valence-corrected chi connectivity index (χ3v) is 3.56. The smallest absolute Gasteiger partial charge is 0.123 e. The van der Waals surface area contributed by atoms with Crippen LogP contribution in [0.2, 0.25) is 0 Å². The Morgan fingerprint density at radius 3 is 2.40 bits per heavy atom. The molecule has 2 atom stereocenters. The number of hydrogen-bond acceptors (Lipinski definition) is 3. The summed E-state index contributed by atoms with van der Waals surface area (Å²) in [6, 6.07) is 10.9. The first-order chi connectivity index (χ1) is 9.61.